The van der Waals surface area contributed by atoms with Crippen LogP contribution >= 0.6 is 11.9 Å². The Balaban J connectivity index is 2.02. The summed E-state index contributed by atoms with van der Waals surface area (Å²) in [6.45, 7) is 8.58. The lowest BCUT2D eigenvalue weighted by atomic mass is 9.99. The Hall–Kier alpha value is -0.590. The quantitative estimate of drug-likeness (QED) is 0.448. The van der Waals surface area contributed by atoms with E-state index in [-0.39, 0.29) is 11.9 Å². The van der Waals surface area contributed by atoms with Gasteiger partial charge in [0.25, 0.3) is 0 Å². The molecule has 0 N–H and O–H groups in total. The molecule has 0 spiro atoms. The van der Waals surface area contributed by atoms with Crippen LogP contribution in [0, 0.1) is 5.92 Å². The van der Waals surface area contributed by atoms with Crippen molar-refractivity contribution in [2.45, 2.75) is 56.8 Å². The summed E-state index contributed by atoms with van der Waals surface area (Å²) in [5.74, 6) is 0.0369. The molecule has 0 atom stereocenters. The summed E-state index contributed by atoms with van der Waals surface area (Å²) in [6, 6.07) is 0. The van der Waals surface area contributed by atoms with Gasteiger partial charge in [0.2, 0.25) is 0 Å². The zero-order valence-electron chi connectivity index (χ0n) is 13.8. The average molecular weight is 329 g/mol. The van der Waals surface area contributed by atoms with Crippen LogP contribution in [0.25, 0.3) is 0 Å². The van der Waals surface area contributed by atoms with E-state index in [0.717, 1.165) is 32.2 Å². The number of rotatable bonds is 4. The van der Waals surface area contributed by atoms with Gasteiger partial charge in [-0.15, -0.1) is 0 Å². The highest BCUT2D eigenvalue weighted by Gasteiger charge is 2.45. The maximum atomic E-state index is 12.7. The number of piperidine rings is 1. The molecule has 5 nitrogen and oxygen atoms in total. The lowest BCUT2D eigenvalue weighted by molar-refractivity contribution is -0.160. The van der Waals surface area contributed by atoms with Gasteiger partial charge in [-0.3, -0.25) is 4.79 Å². The lowest BCUT2D eigenvalue weighted by Crippen LogP contribution is -2.48. The Kier molecular flexibility index (Phi) is 5.91. The number of carbonyl (C=O) groups excluding carboxylic acids is 2. The average Bonchev–Trinajstić information content (AvgIpc) is 2.47. The molecule has 0 saturated carbocycles. The first-order valence-corrected chi connectivity index (χ1v) is 8.82. The van der Waals surface area contributed by atoms with Gasteiger partial charge in [0.15, 0.2) is 0 Å². The number of ether oxygens (including phenoxy) is 2. The third-order valence-corrected chi connectivity index (χ3v) is 5.61. The third-order valence-electron chi connectivity index (χ3n) is 4.07. The molecule has 0 radical (unpaired) electrons. The first-order valence-electron chi connectivity index (χ1n) is 8.05. The molecule has 2 heterocycles. The molecule has 0 aliphatic carbocycles. The molecule has 2 saturated heterocycles. The van der Waals surface area contributed by atoms with E-state index in [1.54, 1.807) is 11.9 Å². The molecule has 2 fully saturated rings. The largest absolute Gasteiger partial charge is 0.459 e. The molecule has 0 aromatic rings. The molecule has 0 aromatic heterocycles. The zero-order valence-corrected chi connectivity index (χ0v) is 14.6. The number of esters is 1. The maximum absolute atomic E-state index is 12.7. The van der Waals surface area contributed by atoms with Crippen LogP contribution in [0.1, 0.15) is 46.5 Å². The number of carbonyl (C=O) groups is 2. The number of hydrogen-bond donors (Lipinski definition) is 0. The summed E-state index contributed by atoms with van der Waals surface area (Å²) in [5.41, 5.74) is -0.479. The van der Waals surface area contributed by atoms with Gasteiger partial charge in [-0.2, -0.15) is 0 Å². The molecule has 22 heavy (non-hydrogen) atoms. The van der Waals surface area contributed by atoms with Crippen LogP contribution in [0.15, 0.2) is 0 Å². The summed E-state index contributed by atoms with van der Waals surface area (Å²) >= 11 is 1.61. The van der Waals surface area contributed by atoms with E-state index in [2.05, 4.69) is 4.31 Å². The fraction of sp³-hybridized carbons (Fsp3) is 0.875. The zero-order chi connectivity index (χ0) is 16.2. The van der Waals surface area contributed by atoms with Crippen molar-refractivity contribution >= 4 is 24.2 Å². The van der Waals surface area contributed by atoms with Crippen LogP contribution < -0.4 is 0 Å². The second-order valence-corrected chi connectivity index (χ2v) is 8.58. The predicted octanol–water partition coefficient (Wildman–Crippen LogP) is 2.44. The highest BCUT2D eigenvalue weighted by Crippen LogP contribution is 2.41. The standard InChI is InChI=1S/C16H27NO4S/c1-15(2,3)21-14(19)16(6-10-20-11-7-16)22-17-8-4-13(12-18)5-9-17/h12-13H,4-11H2,1-3H3. The molecule has 2 aliphatic rings. The highest BCUT2D eigenvalue weighted by atomic mass is 32.2. The van der Waals surface area contributed by atoms with Crippen LogP contribution in [-0.2, 0) is 19.1 Å². The van der Waals surface area contributed by atoms with Crippen LogP contribution in [0.2, 0.25) is 0 Å². The molecular formula is C16H27NO4S. The first kappa shape index (κ1) is 17.8. The monoisotopic (exact) mass is 329 g/mol. The Morgan fingerprint density at radius 2 is 1.86 bits per heavy atom. The highest BCUT2D eigenvalue weighted by molar-refractivity contribution is 7.99. The van der Waals surface area contributed by atoms with Crippen LogP contribution in [0.3, 0.4) is 0 Å². The third kappa shape index (κ3) is 4.70. The normalized spacial score (nSPS) is 24.0. The second-order valence-electron chi connectivity index (χ2n) is 7.10. The van der Waals surface area contributed by atoms with E-state index in [0.29, 0.717) is 26.1 Å². The second kappa shape index (κ2) is 7.32. The molecule has 0 bridgehead atoms. The van der Waals surface area contributed by atoms with E-state index >= 15 is 0 Å². The van der Waals surface area contributed by atoms with Gasteiger partial charge in [0.05, 0.1) is 0 Å². The van der Waals surface area contributed by atoms with E-state index in [1.165, 1.54) is 0 Å². The van der Waals surface area contributed by atoms with Gasteiger partial charge in [-0.05, 0) is 46.5 Å². The molecule has 6 heteroatoms. The van der Waals surface area contributed by atoms with Crippen molar-refractivity contribution in [3.8, 4) is 0 Å². The molecular weight excluding hydrogens is 302 g/mol. The Morgan fingerprint density at radius 3 is 2.36 bits per heavy atom. The number of hydrogen-bond acceptors (Lipinski definition) is 6. The minimum atomic E-state index is -0.542. The lowest BCUT2D eigenvalue weighted by Gasteiger charge is -2.40. The van der Waals surface area contributed by atoms with Gasteiger partial charge in [-0.1, -0.05) is 11.9 Å². The van der Waals surface area contributed by atoms with Gasteiger partial charge < -0.3 is 14.3 Å². The summed E-state index contributed by atoms with van der Waals surface area (Å²) < 4.78 is 12.8. The van der Waals surface area contributed by atoms with E-state index in [9.17, 15) is 9.59 Å². The Morgan fingerprint density at radius 1 is 1.27 bits per heavy atom. The number of nitrogens with zero attached hydrogens (tertiary/aromatic N) is 1. The van der Waals surface area contributed by atoms with Gasteiger partial charge in [0, 0.05) is 32.2 Å². The fourth-order valence-corrected chi connectivity index (χ4v) is 4.11. The van der Waals surface area contributed by atoms with Crippen molar-refractivity contribution in [2.24, 2.45) is 5.92 Å². The smallest absolute Gasteiger partial charge is 0.324 e. The summed E-state index contributed by atoms with van der Waals surface area (Å²) in [7, 11) is 0. The predicted molar refractivity (Wildman–Crippen MR) is 86.6 cm³/mol. The minimum Gasteiger partial charge on any atom is -0.459 e. The first-order chi connectivity index (χ1) is 10.3. The number of aldehydes is 1. The van der Waals surface area contributed by atoms with Crippen molar-refractivity contribution in [3.05, 3.63) is 0 Å². The maximum Gasteiger partial charge on any atom is 0.324 e. The fourth-order valence-electron chi connectivity index (χ4n) is 2.76. The van der Waals surface area contributed by atoms with Crippen molar-refractivity contribution in [1.29, 1.82) is 0 Å². The Bertz CT molecular complexity index is 393. The molecule has 2 aliphatic heterocycles. The van der Waals surface area contributed by atoms with E-state index in [1.807, 2.05) is 20.8 Å². The molecule has 0 amide bonds. The Labute approximate surface area is 137 Å². The topological polar surface area (TPSA) is 55.8 Å². The molecule has 2 rings (SSSR count). The van der Waals surface area contributed by atoms with Crippen LogP contribution in [-0.4, -0.2) is 53.2 Å². The van der Waals surface area contributed by atoms with Crippen LogP contribution in [0.5, 0.6) is 0 Å². The summed E-state index contributed by atoms with van der Waals surface area (Å²) in [5, 5.41) is 0. The minimum absolute atomic E-state index is 0.134. The van der Waals surface area contributed by atoms with E-state index < -0.39 is 10.3 Å². The SMILES string of the molecule is CC(C)(C)OC(=O)C1(SN2CCC(C=O)CC2)CCOCC1. The molecule has 126 valence electrons. The summed E-state index contributed by atoms with van der Waals surface area (Å²) in [4.78, 5) is 23.6. The van der Waals surface area contributed by atoms with Crippen molar-refractivity contribution < 1.29 is 19.1 Å². The molecule has 0 aromatic carbocycles. The van der Waals surface area contributed by atoms with Gasteiger partial charge in [-0.25, -0.2) is 4.31 Å². The van der Waals surface area contributed by atoms with Crippen molar-refractivity contribution in [3.63, 3.8) is 0 Å². The van der Waals surface area contributed by atoms with Crippen molar-refractivity contribution in [2.75, 3.05) is 26.3 Å². The summed E-state index contributed by atoms with van der Waals surface area (Å²) in [6.07, 6.45) is 4.16. The van der Waals surface area contributed by atoms with Gasteiger partial charge >= 0.3 is 5.97 Å². The van der Waals surface area contributed by atoms with Crippen LogP contribution in [0.4, 0.5) is 0 Å². The van der Waals surface area contributed by atoms with E-state index in [4.69, 9.17) is 9.47 Å². The van der Waals surface area contributed by atoms with Gasteiger partial charge in [0.1, 0.15) is 16.6 Å². The molecule has 0 unspecified atom stereocenters. The van der Waals surface area contributed by atoms with Crippen molar-refractivity contribution in [1.82, 2.24) is 4.31 Å².